The average molecular weight is 288 g/mol. The zero-order chi connectivity index (χ0) is 15.0. The number of nitrogens with zero attached hydrogens (tertiary/aromatic N) is 1. The predicted molar refractivity (Wildman–Crippen MR) is 77.6 cm³/mol. The summed E-state index contributed by atoms with van der Waals surface area (Å²) in [4.78, 5) is 25.4. The molecule has 3 N–H and O–H groups in total. The number of nitrogens with two attached hydrogens (primary N) is 1. The lowest BCUT2D eigenvalue weighted by atomic mass is 9.85. The van der Waals surface area contributed by atoms with Crippen molar-refractivity contribution in [3.63, 3.8) is 0 Å². The van der Waals surface area contributed by atoms with Crippen molar-refractivity contribution in [2.45, 2.75) is 44.8 Å². The van der Waals surface area contributed by atoms with Gasteiger partial charge >= 0.3 is 5.97 Å². The summed E-state index contributed by atoms with van der Waals surface area (Å²) < 4.78 is 0. The van der Waals surface area contributed by atoms with Crippen LogP contribution in [0.2, 0.25) is 0 Å². The second-order valence-electron chi connectivity index (χ2n) is 6.11. The van der Waals surface area contributed by atoms with E-state index in [0.29, 0.717) is 13.1 Å². The molecule has 112 valence electrons. The third-order valence-corrected chi connectivity index (χ3v) is 4.55. The van der Waals surface area contributed by atoms with Gasteiger partial charge in [0, 0.05) is 25.0 Å². The minimum Gasteiger partial charge on any atom is -0.478 e. The third-order valence-electron chi connectivity index (χ3n) is 4.55. The molecule has 1 saturated carbocycles. The van der Waals surface area contributed by atoms with Crippen LogP contribution in [0.3, 0.4) is 0 Å². The fourth-order valence-electron chi connectivity index (χ4n) is 3.39. The number of carbonyl (C=O) groups excluding carboxylic acids is 1. The van der Waals surface area contributed by atoms with E-state index in [0.717, 1.165) is 36.8 Å². The van der Waals surface area contributed by atoms with Crippen LogP contribution < -0.4 is 5.73 Å². The molecule has 2 unspecified atom stereocenters. The van der Waals surface area contributed by atoms with E-state index in [2.05, 4.69) is 0 Å². The number of aromatic carboxylic acids is 1. The van der Waals surface area contributed by atoms with E-state index in [1.54, 1.807) is 12.1 Å². The van der Waals surface area contributed by atoms with Gasteiger partial charge in [0.2, 0.25) is 5.91 Å². The van der Waals surface area contributed by atoms with Gasteiger partial charge in [0.15, 0.2) is 0 Å². The highest BCUT2D eigenvalue weighted by molar-refractivity contribution is 5.88. The van der Waals surface area contributed by atoms with Gasteiger partial charge < -0.3 is 15.7 Å². The minimum atomic E-state index is -0.930. The molecule has 0 radical (unpaired) electrons. The van der Waals surface area contributed by atoms with Crippen molar-refractivity contribution in [3.8, 4) is 0 Å². The summed E-state index contributed by atoms with van der Waals surface area (Å²) >= 11 is 0. The van der Waals surface area contributed by atoms with Gasteiger partial charge in [-0.2, -0.15) is 0 Å². The van der Waals surface area contributed by atoms with E-state index in [-0.39, 0.29) is 23.4 Å². The van der Waals surface area contributed by atoms with Crippen LogP contribution in [-0.4, -0.2) is 27.9 Å². The smallest absolute Gasteiger partial charge is 0.335 e. The SMILES string of the molecule is NC1CCCC(C(=O)N2Cc3ccc(C(=O)O)cc3C2)C1. The lowest BCUT2D eigenvalue weighted by molar-refractivity contribution is -0.137. The number of amides is 1. The standard InChI is InChI=1S/C16H20N2O3/c17-14-3-1-2-10(7-14)15(19)18-8-12-5-4-11(16(20)21)6-13(12)9-18/h4-6,10,14H,1-3,7-9,17H2,(H,20,21). The average Bonchev–Trinajstić information content (AvgIpc) is 2.89. The molecular weight excluding hydrogens is 268 g/mol. The summed E-state index contributed by atoms with van der Waals surface area (Å²) in [6, 6.07) is 5.23. The molecule has 1 aliphatic carbocycles. The molecular formula is C16H20N2O3. The molecule has 2 aliphatic rings. The molecule has 1 aliphatic heterocycles. The molecule has 0 spiro atoms. The van der Waals surface area contributed by atoms with Gasteiger partial charge in [-0.05, 0) is 42.5 Å². The van der Waals surface area contributed by atoms with Crippen LogP contribution in [0, 0.1) is 5.92 Å². The molecule has 1 fully saturated rings. The summed E-state index contributed by atoms with van der Waals surface area (Å²) in [6.07, 6.45) is 3.71. The molecule has 1 aromatic rings. The van der Waals surface area contributed by atoms with E-state index in [1.807, 2.05) is 11.0 Å². The fraction of sp³-hybridized carbons (Fsp3) is 0.500. The summed E-state index contributed by atoms with van der Waals surface area (Å²) in [5.74, 6) is -0.735. The molecule has 5 nitrogen and oxygen atoms in total. The Morgan fingerprint density at radius 3 is 2.67 bits per heavy atom. The zero-order valence-electron chi connectivity index (χ0n) is 11.9. The van der Waals surface area contributed by atoms with E-state index in [9.17, 15) is 9.59 Å². The van der Waals surface area contributed by atoms with Gasteiger partial charge in [0.25, 0.3) is 0 Å². The van der Waals surface area contributed by atoms with Gasteiger partial charge in [-0.3, -0.25) is 4.79 Å². The van der Waals surface area contributed by atoms with Crippen LogP contribution >= 0.6 is 0 Å². The Morgan fingerprint density at radius 2 is 1.95 bits per heavy atom. The zero-order valence-corrected chi connectivity index (χ0v) is 11.9. The Bertz CT molecular complexity index is 585. The fourth-order valence-corrected chi connectivity index (χ4v) is 3.39. The van der Waals surface area contributed by atoms with Crippen molar-refractivity contribution in [1.82, 2.24) is 4.90 Å². The molecule has 21 heavy (non-hydrogen) atoms. The number of benzene rings is 1. The Kier molecular flexibility index (Phi) is 3.68. The summed E-state index contributed by atoms with van der Waals surface area (Å²) in [7, 11) is 0. The van der Waals surface area contributed by atoms with Gasteiger partial charge in [-0.1, -0.05) is 12.5 Å². The third kappa shape index (κ3) is 2.78. The van der Waals surface area contributed by atoms with Crippen LogP contribution in [0.25, 0.3) is 0 Å². The van der Waals surface area contributed by atoms with Crippen LogP contribution in [0.5, 0.6) is 0 Å². The molecule has 3 rings (SSSR count). The molecule has 0 aromatic heterocycles. The predicted octanol–water partition coefficient (Wildman–Crippen LogP) is 1.74. The Balaban J connectivity index is 1.72. The topological polar surface area (TPSA) is 83.6 Å². The molecule has 5 heteroatoms. The number of carboxylic acid groups (broad SMARTS) is 1. The second kappa shape index (κ2) is 5.48. The molecule has 1 amide bonds. The molecule has 2 atom stereocenters. The van der Waals surface area contributed by atoms with E-state index < -0.39 is 5.97 Å². The first-order valence-corrected chi connectivity index (χ1v) is 7.44. The first-order valence-electron chi connectivity index (χ1n) is 7.44. The van der Waals surface area contributed by atoms with Crippen molar-refractivity contribution in [2.24, 2.45) is 11.7 Å². The Labute approximate surface area is 123 Å². The van der Waals surface area contributed by atoms with E-state index in [1.165, 1.54) is 0 Å². The second-order valence-corrected chi connectivity index (χ2v) is 6.11. The van der Waals surface area contributed by atoms with Crippen molar-refractivity contribution in [2.75, 3.05) is 0 Å². The maximum atomic E-state index is 12.6. The molecule has 1 heterocycles. The number of rotatable bonds is 2. The molecule has 0 saturated heterocycles. The van der Waals surface area contributed by atoms with Crippen molar-refractivity contribution >= 4 is 11.9 Å². The first-order chi connectivity index (χ1) is 10.0. The highest BCUT2D eigenvalue weighted by Gasteiger charge is 2.32. The number of hydrogen-bond donors (Lipinski definition) is 2. The summed E-state index contributed by atoms with van der Waals surface area (Å²) in [6.45, 7) is 1.10. The van der Waals surface area contributed by atoms with Gasteiger partial charge in [0.05, 0.1) is 5.56 Å². The maximum Gasteiger partial charge on any atom is 0.335 e. The highest BCUT2D eigenvalue weighted by atomic mass is 16.4. The molecule has 1 aromatic carbocycles. The normalized spacial score (nSPS) is 24.7. The van der Waals surface area contributed by atoms with E-state index >= 15 is 0 Å². The lowest BCUT2D eigenvalue weighted by Gasteiger charge is -2.29. The summed E-state index contributed by atoms with van der Waals surface area (Å²) in [5, 5.41) is 9.03. The first kappa shape index (κ1) is 14.1. The van der Waals surface area contributed by atoms with Crippen molar-refractivity contribution in [3.05, 3.63) is 34.9 Å². The van der Waals surface area contributed by atoms with Crippen molar-refractivity contribution < 1.29 is 14.7 Å². The number of carboxylic acids is 1. The Hall–Kier alpha value is -1.88. The highest BCUT2D eigenvalue weighted by Crippen LogP contribution is 2.30. The number of hydrogen-bond acceptors (Lipinski definition) is 3. The van der Waals surface area contributed by atoms with Gasteiger partial charge in [-0.15, -0.1) is 0 Å². The number of carbonyl (C=O) groups is 2. The van der Waals surface area contributed by atoms with Gasteiger partial charge in [0.1, 0.15) is 0 Å². The lowest BCUT2D eigenvalue weighted by Crippen LogP contribution is -2.38. The van der Waals surface area contributed by atoms with Crippen LogP contribution in [0.15, 0.2) is 18.2 Å². The quantitative estimate of drug-likeness (QED) is 0.868. The van der Waals surface area contributed by atoms with Crippen LogP contribution in [-0.2, 0) is 17.9 Å². The Morgan fingerprint density at radius 1 is 1.19 bits per heavy atom. The van der Waals surface area contributed by atoms with E-state index in [4.69, 9.17) is 10.8 Å². The number of fused-ring (bicyclic) bond motifs is 1. The minimum absolute atomic E-state index is 0.0296. The van der Waals surface area contributed by atoms with Crippen LogP contribution in [0.4, 0.5) is 0 Å². The largest absolute Gasteiger partial charge is 0.478 e. The monoisotopic (exact) mass is 288 g/mol. The van der Waals surface area contributed by atoms with Crippen molar-refractivity contribution in [1.29, 1.82) is 0 Å². The van der Waals surface area contributed by atoms with Gasteiger partial charge in [-0.25, -0.2) is 4.79 Å². The maximum absolute atomic E-state index is 12.6. The summed E-state index contributed by atoms with van der Waals surface area (Å²) in [5.41, 5.74) is 8.24. The van der Waals surface area contributed by atoms with Crippen LogP contribution in [0.1, 0.15) is 47.2 Å². The molecule has 0 bridgehead atoms.